The maximum absolute atomic E-state index is 13.2. The van der Waals surface area contributed by atoms with Gasteiger partial charge in [-0.1, -0.05) is 38.1 Å². The summed E-state index contributed by atoms with van der Waals surface area (Å²) in [6, 6.07) is 17.4. The summed E-state index contributed by atoms with van der Waals surface area (Å²) < 4.78 is 5.36. The van der Waals surface area contributed by atoms with E-state index in [9.17, 15) is 19.7 Å². The van der Waals surface area contributed by atoms with Gasteiger partial charge in [0.25, 0.3) is 11.8 Å². The fourth-order valence-corrected chi connectivity index (χ4v) is 4.66. The largest absolute Gasteiger partial charge is 0.378 e. The minimum atomic E-state index is -0.605. The molecule has 210 valence electrons. The first-order valence-electron chi connectivity index (χ1n) is 13.5. The third kappa shape index (κ3) is 6.83. The normalized spacial score (nSPS) is 13.2. The molecule has 1 aliphatic heterocycles. The Balaban J connectivity index is 1.49. The second-order valence-corrected chi connectivity index (χ2v) is 9.63. The van der Waals surface area contributed by atoms with Crippen LogP contribution >= 0.6 is 0 Å². The van der Waals surface area contributed by atoms with E-state index in [4.69, 9.17) is 4.74 Å². The Bertz CT molecular complexity index is 1370. The molecule has 40 heavy (non-hydrogen) atoms. The van der Waals surface area contributed by atoms with Gasteiger partial charge in [-0.05, 0) is 67.5 Å². The molecular formula is C30H35N5O5. The molecule has 0 unspecified atom stereocenters. The predicted molar refractivity (Wildman–Crippen MR) is 156 cm³/mol. The number of hydrogen-bond donors (Lipinski definition) is 2. The molecular weight excluding hydrogens is 510 g/mol. The highest BCUT2D eigenvalue weighted by Crippen LogP contribution is 2.33. The lowest BCUT2D eigenvalue weighted by molar-refractivity contribution is -0.384. The highest BCUT2D eigenvalue weighted by molar-refractivity contribution is 6.09. The molecule has 0 atom stereocenters. The average molecular weight is 546 g/mol. The number of rotatable bonds is 10. The third-order valence-corrected chi connectivity index (χ3v) is 7.05. The van der Waals surface area contributed by atoms with E-state index in [-0.39, 0.29) is 17.2 Å². The second-order valence-electron chi connectivity index (χ2n) is 9.63. The Morgan fingerprint density at radius 3 is 2.33 bits per heavy atom. The van der Waals surface area contributed by atoms with Crippen molar-refractivity contribution in [3.05, 3.63) is 93.0 Å². The van der Waals surface area contributed by atoms with Crippen LogP contribution < -0.4 is 15.5 Å². The molecule has 0 aliphatic carbocycles. The van der Waals surface area contributed by atoms with E-state index in [1.165, 1.54) is 6.07 Å². The maximum atomic E-state index is 13.2. The number of nitro benzene ring substituents is 1. The molecule has 10 heteroatoms. The number of para-hydroxylation sites is 1. The number of nitro groups is 1. The van der Waals surface area contributed by atoms with Crippen LogP contribution in [0.2, 0.25) is 0 Å². The molecule has 3 aromatic carbocycles. The van der Waals surface area contributed by atoms with Gasteiger partial charge in [0, 0.05) is 36.6 Å². The number of morpholine rings is 1. The minimum Gasteiger partial charge on any atom is -0.378 e. The Morgan fingerprint density at radius 2 is 1.68 bits per heavy atom. The average Bonchev–Trinajstić information content (AvgIpc) is 2.97. The van der Waals surface area contributed by atoms with Gasteiger partial charge in [-0.15, -0.1) is 0 Å². The van der Waals surface area contributed by atoms with E-state index in [1.54, 1.807) is 42.5 Å². The molecule has 2 amide bonds. The number of carbonyl (C=O) groups is 2. The van der Waals surface area contributed by atoms with Crippen molar-refractivity contribution in [3.8, 4) is 0 Å². The van der Waals surface area contributed by atoms with Gasteiger partial charge in [-0.25, -0.2) is 0 Å². The van der Waals surface area contributed by atoms with Gasteiger partial charge in [0.1, 0.15) is 11.3 Å². The molecule has 3 aromatic rings. The number of anilines is 3. The summed E-state index contributed by atoms with van der Waals surface area (Å²) in [7, 11) is 0. The number of aryl methyl sites for hydroxylation is 1. The zero-order chi connectivity index (χ0) is 28.6. The first kappa shape index (κ1) is 28.7. The van der Waals surface area contributed by atoms with Gasteiger partial charge in [-0.3, -0.25) is 24.6 Å². The van der Waals surface area contributed by atoms with Gasteiger partial charge in [0.05, 0.1) is 18.1 Å². The van der Waals surface area contributed by atoms with Crippen molar-refractivity contribution in [3.63, 3.8) is 0 Å². The predicted octanol–water partition coefficient (Wildman–Crippen LogP) is 5.09. The Hall–Kier alpha value is -4.28. The highest BCUT2D eigenvalue weighted by Gasteiger charge is 2.28. The molecule has 2 N–H and O–H groups in total. The first-order chi connectivity index (χ1) is 19.3. The molecule has 10 nitrogen and oxygen atoms in total. The number of benzene rings is 3. The van der Waals surface area contributed by atoms with Crippen LogP contribution in [0.4, 0.5) is 22.7 Å². The van der Waals surface area contributed by atoms with Crippen LogP contribution in [0, 0.1) is 17.0 Å². The number of nitrogens with one attached hydrogen (secondary N) is 2. The summed E-state index contributed by atoms with van der Waals surface area (Å²) in [6.45, 7) is 10.8. The minimum absolute atomic E-state index is 0.0371. The van der Waals surface area contributed by atoms with E-state index in [1.807, 2.05) is 24.0 Å². The number of amides is 2. The first-order valence-corrected chi connectivity index (χ1v) is 13.5. The van der Waals surface area contributed by atoms with Crippen LogP contribution in [0.1, 0.15) is 45.7 Å². The molecule has 4 rings (SSSR count). The summed E-state index contributed by atoms with van der Waals surface area (Å²) in [5.41, 5.74) is 3.52. The van der Waals surface area contributed by atoms with Crippen molar-refractivity contribution in [1.29, 1.82) is 0 Å². The maximum Gasteiger partial charge on any atom is 0.305 e. The lowest BCUT2D eigenvalue weighted by Gasteiger charge is -2.28. The Morgan fingerprint density at radius 1 is 0.975 bits per heavy atom. The van der Waals surface area contributed by atoms with Crippen LogP contribution in [-0.2, 0) is 11.3 Å². The van der Waals surface area contributed by atoms with E-state index in [0.717, 1.165) is 30.8 Å². The van der Waals surface area contributed by atoms with E-state index in [0.29, 0.717) is 48.9 Å². The standard InChI is InChI=1S/C30H35N5O5/c1-4-33(5-2)20-22-10-12-23(13-11-22)29(36)32-26-19-24(14-9-21(26)3)31-30(37)25-7-6-8-27(28(25)35(38)39)34-15-17-40-18-16-34/h6-14,19H,4-5,15-18,20H2,1-3H3,(H,31,37)(H,32,36). The van der Waals surface area contributed by atoms with Crippen LogP contribution in [0.5, 0.6) is 0 Å². The zero-order valence-corrected chi connectivity index (χ0v) is 23.1. The zero-order valence-electron chi connectivity index (χ0n) is 23.1. The third-order valence-electron chi connectivity index (χ3n) is 7.05. The van der Waals surface area contributed by atoms with Gasteiger partial charge >= 0.3 is 5.69 Å². The molecule has 0 radical (unpaired) electrons. The van der Waals surface area contributed by atoms with Crippen LogP contribution in [0.3, 0.4) is 0 Å². The summed E-state index contributed by atoms with van der Waals surface area (Å²) >= 11 is 0. The van der Waals surface area contributed by atoms with Gasteiger partial charge in [0.15, 0.2) is 0 Å². The van der Waals surface area contributed by atoms with Gasteiger partial charge in [-0.2, -0.15) is 0 Å². The lowest BCUT2D eigenvalue weighted by atomic mass is 10.1. The summed E-state index contributed by atoms with van der Waals surface area (Å²) in [5.74, 6) is -0.874. The Kier molecular flexibility index (Phi) is 9.47. The summed E-state index contributed by atoms with van der Waals surface area (Å²) in [6.07, 6.45) is 0. The SMILES string of the molecule is CCN(CC)Cc1ccc(C(=O)Nc2cc(NC(=O)c3cccc(N4CCOCC4)c3[N+](=O)[O-])ccc2C)cc1. The van der Waals surface area contributed by atoms with Crippen LogP contribution in [0.15, 0.2) is 60.7 Å². The van der Waals surface area contributed by atoms with E-state index in [2.05, 4.69) is 29.4 Å². The molecule has 1 heterocycles. The van der Waals surface area contributed by atoms with Gasteiger partial charge < -0.3 is 20.3 Å². The second kappa shape index (κ2) is 13.2. The summed E-state index contributed by atoms with van der Waals surface area (Å²) in [4.78, 5) is 41.8. The molecule has 1 fully saturated rings. The van der Waals surface area contributed by atoms with Crippen molar-refractivity contribution in [2.75, 3.05) is 54.9 Å². The molecule has 0 saturated carbocycles. The van der Waals surface area contributed by atoms with Crippen molar-refractivity contribution < 1.29 is 19.2 Å². The van der Waals surface area contributed by atoms with Crippen molar-refractivity contribution in [2.24, 2.45) is 0 Å². The molecule has 0 bridgehead atoms. The van der Waals surface area contributed by atoms with E-state index < -0.39 is 10.8 Å². The molecule has 1 saturated heterocycles. The highest BCUT2D eigenvalue weighted by atomic mass is 16.6. The number of ether oxygens (including phenoxy) is 1. The van der Waals surface area contributed by atoms with E-state index >= 15 is 0 Å². The number of hydrogen-bond acceptors (Lipinski definition) is 7. The summed E-state index contributed by atoms with van der Waals surface area (Å²) in [5, 5.41) is 17.7. The van der Waals surface area contributed by atoms with Crippen molar-refractivity contribution in [2.45, 2.75) is 27.3 Å². The smallest absolute Gasteiger partial charge is 0.305 e. The lowest BCUT2D eigenvalue weighted by Crippen LogP contribution is -2.36. The number of carbonyl (C=O) groups excluding carboxylic acids is 2. The fourth-order valence-electron chi connectivity index (χ4n) is 4.66. The number of nitrogens with zero attached hydrogens (tertiary/aromatic N) is 3. The quantitative estimate of drug-likeness (QED) is 0.269. The topological polar surface area (TPSA) is 117 Å². The monoisotopic (exact) mass is 545 g/mol. The Labute approximate surface area is 234 Å². The molecule has 0 aromatic heterocycles. The fraction of sp³-hybridized carbons (Fsp3) is 0.333. The van der Waals surface area contributed by atoms with Crippen LogP contribution in [0.25, 0.3) is 0 Å². The molecule has 0 spiro atoms. The van der Waals surface area contributed by atoms with Gasteiger partial charge in [0.2, 0.25) is 0 Å². The van der Waals surface area contributed by atoms with Crippen LogP contribution in [-0.4, -0.2) is 61.0 Å². The van der Waals surface area contributed by atoms with Crippen molar-refractivity contribution in [1.82, 2.24) is 4.90 Å². The van der Waals surface area contributed by atoms with Crippen molar-refractivity contribution >= 4 is 34.6 Å². The molecule has 1 aliphatic rings.